The van der Waals surface area contributed by atoms with E-state index in [0.717, 1.165) is 31.1 Å². The number of carbonyl (C=O) groups excluding carboxylic acids is 1. The highest BCUT2D eigenvalue weighted by atomic mass is 16.5. The molecule has 3 saturated carbocycles. The Balaban J connectivity index is 1.52. The monoisotopic (exact) mass is 360 g/mol. The van der Waals surface area contributed by atoms with Crippen molar-refractivity contribution in [3.63, 3.8) is 0 Å². The van der Waals surface area contributed by atoms with E-state index in [1.807, 2.05) is 6.92 Å². The summed E-state index contributed by atoms with van der Waals surface area (Å²) in [4.78, 5) is 11.6. The predicted octanol–water partition coefficient (Wildman–Crippen LogP) is 5.02. The van der Waals surface area contributed by atoms with Crippen LogP contribution in [0.2, 0.25) is 0 Å². The number of carbonyl (C=O) groups is 1. The number of hydrogen-bond donors (Lipinski definition) is 1. The summed E-state index contributed by atoms with van der Waals surface area (Å²) >= 11 is 0. The first-order chi connectivity index (χ1) is 12.4. The lowest BCUT2D eigenvalue weighted by Crippen LogP contribution is -2.52. The third-order valence-corrected chi connectivity index (χ3v) is 8.89. The summed E-state index contributed by atoms with van der Waals surface area (Å²) in [7, 11) is 0. The van der Waals surface area contributed by atoms with Gasteiger partial charge < -0.3 is 9.84 Å². The Morgan fingerprint density at radius 2 is 1.96 bits per heavy atom. The van der Waals surface area contributed by atoms with Crippen LogP contribution in [0, 0.1) is 29.1 Å². The number of rotatable bonds is 3. The van der Waals surface area contributed by atoms with Gasteiger partial charge in [-0.2, -0.15) is 0 Å². The molecular weight excluding hydrogens is 324 g/mol. The van der Waals surface area contributed by atoms with Gasteiger partial charge in [-0.25, -0.2) is 0 Å². The average Bonchev–Trinajstić information content (AvgIpc) is 2.93. The van der Waals surface area contributed by atoms with Gasteiger partial charge in [0.2, 0.25) is 0 Å². The molecule has 1 N–H and O–H groups in total. The average molecular weight is 361 g/mol. The molecule has 3 heteroatoms. The molecule has 146 valence electrons. The molecule has 0 aromatic heterocycles. The van der Waals surface area contributed by atoms with Crippen LogP contribution < -0.4 is 0 Å². The molecule has 0 aliphatic heterocycles. The molecule has 4 aliphatic rings. The molecule has 0 aromatic carbocycles. The van der Waals surface area contributed by atoms with Gasteiger partial charge in [0.25, 0.3) is 0 Å². The summed E-state index contributed by atoms with van der Waals surface area (Å²) in [6.45, 7) is 6.42. The van der Waals surface area contributed by atoms with Crippen molar-refractivity contribution in [1.29, 1.82) is 0 Å². The Kier molecular flexibility index (Phi) is 4.74. The summed E-state index contributed by atoms with van der Waals surface area (Å²) < 4.78 is 5.60. The maximum Gasteiger partial charge on any atom is 0.306 e. The van der Waals surface area contributed by atoms with Gasteiger partial charge in [-0.05, 0) is 93.0 Å². The van der Waals surface area contributed by atoms with Crippen LogP contribution in [0.25, 0.3) is 0 Å². The normalized spacial score (nSPS) is 47.4. The zero-order valence-electron chi connectivity index (χ0n) is 16.8. The molecule has 4 rings (SSSR count). The van der Waals surface area contributed by atoms with Crippen molar-refractivity contribution < 1.29 is 14.6 Å². The van der Waals surface area contributed by atoms with Gasteiger partial charge in [-0.15, -0.1) is 0 Å². The van der Waals surface area contributed by atoms with Gasteiger partial charge in [0.1, 0.15) is 6.10 Å². The van der Waals surface area contributed by atoms with Crippen molar-refractivity contribution in [3.05, 3.63) is 11.6 Å². The topological polar surface area (TPSA) is 46.5 Å². The first-order valence-corrected chi connectivity index (χ1v) is 11.0. The number of fused-ring (bicyclic) bond motifs is 5. The van der Waals surface area contributed by atoms with Crippen molar-refractivity contribution >= 4 is 5.97 Å². The van der Waals surface area contributed by atoms with E-state index in [0.29, 0.717) is 18.3 Å². The number of ether oxygens (including phenoxy) is 1. The van der Waals surface area contributed by atoms with Gasteiger partial charge in [0.05, 0.1) is 5.60 Å². The van der Waals surface area contributed by atoms with E-state index in [-0.39, 0.29) is 17.5 Å². The largest absolute Gasteiger partial charge is 0.458 e. The van der Waals surface area contributed by atoms with E-state index < -0.39 is 5.60 Å². The number of aliphatic hydroxyl groups is 1. The molecular formula is C23H36O3. The second-order valence-electron chi connectivity index (χ2n) is 9.66. The lowest BCUT2D eigenvalue weighted by molar-refractivity contribution is -0.147. The fourth-order valence-corrected chi connectivity index (χ4v) is 7.33. The molecule has 26 heavy (non-hydrogen) atoms. The molecule has 1 unspecified atom stereocenters. The highest BCUT2D eigenvalue weighted by Gasteiger charge is 2.61. The maximum absolute atomic E-state index is 11.6. The Bertz CT molecular complexity index is 596. The molecule has 7 atom stereocenters. The van der Waals surface area contributed by atoms with Crippen LogP contribution in [0.3, 0.4) is 0 Å². The van der Waals surface area contributed by atoms with Crippen molar-refractivity contribution in [2.24, 2.45) is 29.1 Å². The lowest BCUT2D eigenvalue weighted by Gasteiger charge is -2.56. The smallest absolute Gasteiger partial charge is 0.306 e. The summed E-state index contributed by atoms with van der Waals surface area (Å²) in [6.07, 6.45) is 12.9. The first-order valence-electron chi connectivity index (χ1n) is 11.0. The van der Waals surface area contributed by atoms with Crippen molar-refractivity contribution in [2.75, 3.05) is 0 Å². The third kappa shape index (κ3) is 2.68. The van der Waals surface area contributed by atoms with E-state index in [9.17, 15) is 9.90 Å². The minimum absolute atomic E-state index is 0.00997. The molecule has 0 bridgehead atoms. The van der Waals surface area contributed by atoms with Crippen molar-refractivity contribution in [3.8, 4) is 0 Å². The molecule has 0 amide bonds. The summed E-state index contributed by atoms with van der Waals surface area (Å²) in [5.41, 5.74) is 1.25. The third-order valence-electron chi connectivity index (χ3n) is 8.89. The fourth-order valence-electron chi connectivity index (χ4n) is 7.33. The van der Waals surface area contributed by atoms with Crippen LogP contribution in [0.5, 0.6) is 0 Å². The van der Waals surface area contributed by atoms with E-state index in [4.69, 9.17) is 4.74 Å². The van der Waals surface area contributed by atoms with E-state index in [2.05, 4.69) is 19.9 Å². The van der Waals surface area contributed by atoms with Crippen LogP contribution in [0.4, 0.5) is 0 Å². The molecule has 0 heterocycles. The highest BCUT2D eigenvalue weighted by molar-refractivity contribution is 5.69. The highest BCUT2D eigenvalue weighted by Crippen LogP contribution is 2.65. The standard InChI is InChI=1S/C23H36O3/c1-4-21(24)26-16-7-9-17-15(14-16)6-8-19-18(17)10-12-22(3)20(19)11-13-23(22,25)5-2/h14,16-20,25H,4-13H2,1-3H3/t16?,17-,18+,19+,20-,22-,23-/m0/s1. The lowest BCUT2D eigenvalue weighted by atomic mass is 9.50. The summed E-state index contributed by atoms with van der Waals surface area (Å²) in [6, 6.07) is 0. The van der Waals surface area contributed by atoms with E-state index in [1.165, 1.54) is 38.5 Å². The zero-order valence-corrected chi connectivity index (χ0v) is 16.8. The summed E-state index contributed by atoms with van der Waals surface area (Å²) in [5, 5.41) is 11.3. The minimum atomic E-state index is -0.440. The second-order valence-corrected chi connectivity index (χ2v) is 9.66. The van der Waals surface area contributed by atoms with Crippen LogP contribution in [-0.4, -0.2) is 22.8 Å². The maximum atomic E-state index is 11.6. The van der Waals surface area contributed by atoms with E-state index >= 15 is 0 Å². The van der Waals surface area contributed by atoms with Gasteiger partial charge >= 0.3 is 5.97 Å². The van der Waals surface area contributed by atoms with Crippen molar-refractivity contribution in [2.45, 2.75) is 96.7 Å². The van der Waals surface area contributed by atoms with Crippen LogP contribution >= 0.6 is 0 Å². The van der Waals surface area contributed by atoms with Gasteiger partial charge in [-0.1, -0.05) is 26.3 Å². The summed E-state index contributed by atoms with van der Waals surface area (Å²) in [5.74, 6) is 2.90. The van der Waals surface area contributed by atoms with Gasteiger partial charge in [-0.3, -0.25) is 4.79 Å². The number of esters is 1. The number of allylic oxidation sites excluding steroid dienone is 1. The van der Waals surface area contributed by atoms with Crippen molar-refractivity contribution in [1.82, 2.24) is 0 Å². The minimum Gasteiger partial charge on any atom is -0.458 e. The van der Waals surface area contributed by atoms with E-state index in [1.54, 1.807) is 5.57 Å². The molecule has 0 spiro atoms. The van der Waals surface area contributed by atoms with Crippen LogP contribution in [0.15, 0.2) is 11.6 Å². The fraction of sp³-hybridized carbons (Fsp3) is 0.870. The molecule has 3 fully saturated rings. The quantitative estimate of drug-likeness (QED) is 0.568. The molecule has 0 saturated heterocycles. The molecule has 3 nitrogen and oxygen atoms in total. The van der Waals surface area contributed by atoms with Gasteiger partial charge in [0, 0.05) is 6.42 Å². The van der Waals surface area contributed by atoms with Crippen LogP contribution in [0.1, 0.15) is 85.0 Å². The molecule has 0 radical (unpaired) electrons. The zero-order chi connectivity index (χ0) is 18.5. The van der Waals surface area contributed by atoms with Crippen LogP contribution in [-0.2, 0) is 9.53 Å². The Hall–Kier alpha value is -0.830. The Labute approximate surface area is 158 Å². The molecule has 0 aromatic rings. The first kappa shape index (κ1) is 18.5. The predicted molar refractivity (Wildman–Crippen MR) is 102 cm³/mol. The number of hydrogen-bond acceptors (Lipinski definition) is 3. The second kappa shape index (κ2) is 6.65. The van der Waals surface area contributed by atoms with Gasteiger partial charge in [0.15, 0.2) is 0 Å². The molecule has 4 aliphatic carbocycles. The SMILES string of the molecule is CCC(=O)OC1C=C2CC[C@@H]3[C@H](CC[C@@]4(C)[C@H]3CC[C@@]4(O)CC)[C@H]2CC1. The Morgan fingerprint density at radius 3 is 2.69 bits per heavy atom. The Morgan fingerprint density at radius 1 is 1.15 bits per heavy atom.